The molecule has 0 spiro atoms. The Morgan fingerprint density at radius 2 is 1.48 bits per heavy atom. The average Bonchev–Trinajstić information content (AvgIpc) is 2.94. The number of amidine groups is 1. The first-order valence-electron chi connectivity index (χ1n) is 10.7. The van der Waals surface area contributed by atoms with E-state index in [0.717, 1.165) is 35.1 Å². The van der Waals surface area contributed by atoms with Crippen LogP contribution < -0.4 is 21.9 Å². The van der Waals surface area contributed by atoms with Crippen LogP contribution in [0.2, 0.25) is 0 Å². The Balaban J connectivity index is 0.00000231. The van der Waals surface area contributed by atoms with Gasteiger partial charge in [-0.25, -0.2) is 9.48 Å². The summed E-state index contributed by atoms with van der Waals surface area (Å²) in [5.74, 6) is 1.24. The molecule has 31 heavy (non-hydrogen) atoms. The van der Waals surface area contributed by atoms with E-state index in [9.17, 15) is 5.11 Å². The predicted octanol–water partition coefficient (Wildman–Crippen LogP) is 2.77. The van der Waals surface area contributed by atoms with E-state index >= 15 is 0 Å². The maximum atomic E-state index is 12.0. The Morgan fingerprint density at radius 3 is 2.19 bits per heavy atom. The van der Waals surface area contributed by atoms with Crippen molar-refractivity contribution < 1.29 is 26.7 Å². The third-order valence-corrected chi connectivity index (χ3v) is 6.85. The van der Waals surface area contributed by atoms with Crippen molar-refractivity contribution in [2.24, 2.45) is 0 Å². The van der Waals surface area contributed by atoms with Gasteiger partial charge >= 0.3 is 0 Å². The first kappa shape index (κ1) is 22.3. The normalized spacial score (nSPS) is 20.8. The van der Waals surface area contributed by atoms with Gasteiger partial charge in [-0.3, -0.25) is 0 Å². The number of hydrogen-bond acceptors (Lipinski definition) is 2. The van der Waals surface area contributed by atoms with E-state index in [2.05, 4.69) is 98.2 Å². The molecule has 160 valence electrons. The second kappa shape index (κ2) is 9.27. The van der Waals surface area contributed by atoms with E-state index in [1.807, 2.05) is 6.07 Å². The highest BCUT2D eigenvalue weighted by Gasteiger charge is 2.51. The van der Waals surface area contributed by atoms with Crippen molar-refractivity contribution in [1.82, 2.24) is 0 Å². The molecule has 5 heteroatoms. The number of nitrogens with zero attached hydrogens (tertiary/aromatic N) is 2. The molecule has 1 unspecified atom stereocenters. The Bertz CT molecular complexity index is 1060. The van der Waals surface area contributed by atoms with Crippen molar-refractivity contribution in [3.05, 3.63) is 88.9 Å². The molecule has 0 fully saturated rings. The molecule has 1 N–H and O–H groups in total. The van der Waals surface area contributed by atoms with E-state index in [0.29, 0.717) is 6.54 Å². The van der Waals surface area contributed by atoms with E-state index < -0.39 is 5.72 Å². The largest absolute Gasteiger partial charge is 1.00 e. The van der Waals surface area contributed by atoms with Crippen molar-refractivity contribution in [3.8, 4) is 11.1 Å². The summed E-state index contributed by atoms with van der Waals surface area (Å²) in [6, 6.07) is 27.2. The fourth-order valence-corrected chi connectivity index (χ4v) is 5.00. The molecular weight excluding hydrogens is 516 g/mol. The third-order valence-electron chi connectivity index (χ3n) is 6.32. The summed E-state index contributed by atoms with van der Waals surface area (Å²) in [7, 11) is 0. The Labute approximate surface area is 202 Å². The lowest BCUT2D eigenvalue weighted by molar-refractivity contribution is -0.658. The molecule has 3 nitrogen and oxygen atoms in total. The number of aliphatic hydroxyl groups is 1. The number of β-amino-alcohol motifs (C(OH)–C–C–N with tert-alkyl or cyclic N) is 1. The lowest BCUT2D eigenvalue weighted by Crippen LogP contribution is -3.00. The number of hydrogen-bond donors (Lipinski definition) is 1. The van der Waals surface area contributed by atoms with Crippen molar-refractivity contribution in [2.45, 2.75) is 31.4 Å². The van der Waals surface area contributed by atoms with E-state index in [1.165, 1.54) is 29.8 Å². The van der Waals surface area contributed by atoms with Gasteiger partial charge in [0.15, 0.2) is 6.54 Å². The van der Waals surface area contributed by atoms with Gasteiger partial charge in [-0.2, -0.15) is 0 Å². The lowest BCUT2D eigenvalue weighted by Gasteiger charge is -2.24. The van der Waals surface area contributed by atoms with Gasteiger partial charge in [0.25, 0.3) is 11.6 Å². The maximum absolute atomic E-state index is 12.0. The number of rotatable bonds is 3. The van der Waals surface area contributed by atoms with Crippen LogP contribution in [0.4, 0.5) is 5.69 Å². The first-order chi connectivity index (χ1) is 14.6. The summed E-state index contributed by atoms with van der Waals surface area (Å²) in [5, 5.41) is 12.0. The van der Waals surface area contributed by atoms with Gasteiger partial charge in [-0.15, -0.1) is 0 Å². The molecule has 3 aromatic rings. The minimum Gasteiger partial charge on any atom is -1.00 e. The molecule has 0 aromatic heterocycles. The summed E-state index contributed by atoms with van der Waals surface area (Å²) < 4.78 is 3.32. The van der Waals surface area contributed by atoms with Crippen molar-refractivity contribution in [1.29, 1.82) is 0 Å². The maximum Gasteiger partial charge on any atom is 0.271 e. The van der Waals surface area contributed by atoms with Crippen LogP contribution in [-0.2, 0) is 5.72 Å². The van der Waals surface area contributed by atoms with Gasteiger partial charge < -0.3 is 22.1 Å². The van der Waals surface area contributed by atoms with Crippen molar-refractivity contribution in [3.63, 3.8) is 0 Å². The van der Waals surface area contributed by atoms with Gasteiger partial charge in [0, 0.05) is 16.5 Å². The van der Waals surface area contributed by atoms with E-state index in [4.69, 9.17) is 0 Å². The smallest absolute Gasteiger partial charge is 0.271 e. The van der Waals surface area contributed by atoms with Gasteiger partial charge in [0.1, 0.15) is 5.69 Å². The van der Waals surface area contributed by atoms with Crippen molar-refractivity contribution in [2.75, 3.05) is 18.0 Å². The highest BCUT2D eigenvalue weighted by Crippen LogP contribution is 2.36. The molecule has 2 aliphatic rings. The van der Waals surface area contributed by atoms with E-state index in [-0.39, 0.29) is 17.0 Å². The summed E-state index contributed by atoms with van der Waals surface area (Å²) in [5.41, 5.74) is 3.45. The Hall–Kier alpha value is -1.95. The van der Waals surface area contributed by atoms with Crippen LogP contribution in [0.3, 0.4) is 0 Å². The zero-order valence-corrected chi connectivity index (χ0v) is 20.5. The third kappa shape index (κ3) is 4.23. The van der Waals surface area contributed by atoms with E-state index in [1.54, 1.807) is 0 Å². The standard InChI is InChI=1S/C26H26BrN2O.BrH/c27-23-14-16-24(17-15-23)28-19-26(30,29-18-6-2-5-9-25(28)29)22-12-10-21(11-13-22)20-7-3-1-4-8-20;/h1,3-4,7-8,10-17,30H,2,5-6,9,18-19H2;1H/q+1;/p-1. The zero-order valence-electron chi connectivity index (χ0n) is 17.3. The SMILES string of the molecule is OC1(c2ccc(-c3ccccc3)cc2)CN(c2ccc(Br)cc2)C2=[N+]1CCCCC2.[Br-]. The molecule has 2 heterocycles. The quantitative estimate of drug-likeness (QED) is 0.516. The molecule has 0 aliphatic carbocycles. The molecule has 0 saturated carbocycles. The van der Waals surface area contributed by atoms with Crippen LogP contribution in [0.25, 0.3) is 11.1 Å². The summed E-state index contributed by atoms with van der Waals surface area (Å²) in [4.78, 5) is 2.31. The highest BCUT2D eigenvalue weighted by atomic mass is 79.9. The molecule has 2 aliphatic heterocycles. The molecule has 0 amide bonds. The lowest BCUT2D eigenvalue weighted by atomic mass is 9.98. The van der Waals surface area contributed by atoms with Crippen LogP contribution in [0, 0.1) is 0 Å². The molecule has 0 bridgehead atoms. The van der Waals surface area contributed by atoms with Crippen molar-refractivity contribution >= 4 is 27.5 Å². The molecule has 0 saturated heterocycles. The number of anilines is 1. The average molecular weight is 542 g/mol. The van der Waals surface area contributed by atoms with Gasteiger partial charge in [0.2, 0.25) is 0 Å². The van der Waals surface area contributed by atoms with Crippen LogP contribution in [0.15, 0.2) is 83.3 Å². The topological polar surface area (TPSA) is 26.5 Å². The monoisotopic (exact) mass is 540 g/mol. The number of halogens is 2. The van der Waals surface area contributed by atoms with Gasteiger partial charge in [-0.05, 0) is 54.7 Å². The van der Waals surface area contributed by atoms with Gasteiger partial charge in [-0.1, -0.05) is 70.5 Å². The molecular formula is C26H26Br2N2O. The van der Waals surface area contributed by atoms with Crippen LogP contribution in [0.5, 0.6) is 0 Å². The second-order valence-corrected chi connectivity index (χ2v) is 9.12. The first-order valence-corrected chi connectivity index (χ1v) is 11.5. The molecule has 5 rings (SSSR count). The minimum atomic E-state index is -1.01. The van der Waals surface area contributed by atoms with Gasteiger partial charge in [0.05, 0.1) is 6.54 Å². The molecule has 0 radical (unpaired) electrons. The fourth-order valence-electron chi connectivity index (χ4n) is 4.74. The highest BCUT2D eigenvalue weighted by molar-refractivity contribution is 9.10. The summed E-state index contributed by atoms with van der Waals surface area (Å²) >= 11 is 3.54. The van der Waals surface area contributed by atoms with Crippen LogP contribution in [0.1, 0.15) is 31.2 Å². The summed E-state index contributed by atoms with van der Waals surface area (Å²) in [6.45, 7) is 1.44. The van der Waals surface area contributed by atoms with Crippen LogP contribution in [-0.4, -0.2) is 28.6 Å². The zero-order chi connectivity index (χ0) is 20.6. The fraction of sp³-hybridized carbons (Fsp3) is 0.269. The Morgan fingerprint density at radius 1 is 0.806 bits per heavy atom. The summed E-state index contributed by atoms with van der Waals surface area (Å²) in [6.07, 6.45) is 4.49. The second-order valence-electron chi connectivity index (χ2n) is 8.20. The molecule has 3 aromatic carbocycles. The Kier molecular flexibility index (Phi) is 6.65. The minimum absolute atomic E-state index is 0. The predicted molar refractivity (Wildman–Crippen MR) is 126 cm³/mol. The number of benzene rings is 3. The van der Waals surface area contributed by atoms with Crippen LogP contribution >= 0.6 is 15.9 Å². The molecule has 1 atom stereocenters.